The van der Waals surface area contributed by atoms with Gasteiger partial charge in [-0.1, -0.05) is 6.07 Å². The van der Waals surface area contributed by atoms with Gasteiger partial charge in [-0.05, 0) is 24.6 Å². The van der Waals surface area contributed by atoms with E-state index in [1.165, 1.54) is 0 Å². The second kappa shape index (κ2) is 2.02. The number of hydrogen-bond acceptors (Lipinski definition) is 1. The van der Waals surface area contributed by atoms with Crippen LogP contribution in [0.5, 0.6) is 0 Å². The zero-order valence-electron chi connectivity index (χ0n) is 6.09. The highest BCUT2D eigenvalue weighted by Crippen LogP contribution is 2.19. The number of benzene rings is 1. The largest absolute Gasteiger partial charge is 0.399 e. The van der Waals surface area contributed by atoms with Gasteiger partial charge >= 0.3 is 0 Å². The number of nitrogen functional groups attached to an aromatic ring is 1. The Kier molecular flexibility index (Phi) is 1.15. The molecule has 1 aromatic heterocycles. The molecule has 0 saturated carbocycles. The van der Waals surface area contributed by atoms with Crippen molar-refractivity contribution in [2.75, 3.05) is 5.73 Å². The normalized spacial score (nSPS) is 10.6. The number of anilines is 1. The molecule has 0 aliphatic rings. The summed E-state index contributed by atoms with van der Waals surface area (Å²) in [6, 6.07) is 5.76. The van der Waals surface area contributed by atoms with Crippen molar-refractivity contribution in [1.82, 2.24) is 4.98 Å². The number of aromatic amines is 1. The summed E-state index contributed by atoms with van der Waals surface area (Å²) in [6.45, 7) is 3.87. The van der Waals surface area contributed by atoms with Gasteiger partial charge in [0.2, 0.25) is 0 Å². The van der Waals surface area contributed by atoms with Crippen LogP contribution in [0.3, 0.4) is 0 Å². The van der Waals surface area contributed by atoms with Crippen LogP contribution in [0.25, 0.3) is 10.9 Å². The molecule has 1 aromatic carbocycles. The van der Waals surface area contributed by atoms with Crippen molar-refractivity contribution in [3.05, 3.63) is 36.9 Å². The molecule has 2 rings (SSSR count). The molecule has 1 radical (unpaired) electrons. The van der Waals surface area contributed by atoms with Gasteiger partial charge in [0.05, 0.1) is 0 Å². The van der Waals surface area contributed by atoms with Crippen LogP contribution in [0.4, 0.5) is 5.69 Å². The van der Waals surface area contributed by atoms with E-state index in [9.17, 15) is 0 Å². The number of nitrogens with two attached hydrogens (primary N) is 1. The molecule has 1 heterocycles. The number of aromatic nitrogens is 1. The SMILES string of the molecule is [CH2]c1c[nH]c2cc(N)ccc12. The van der Waals surface area contributed by atoms with E-state index in [4.69, 9.17) is 5.73 Å². The van der Waals surface area contributed by atoms with Gasteiger partial charge in [-0.15, -0.1) is 0 Å². The lowest BCUT2D eigenvalue weighted by molar-refractivity contribution is 1.46. The van der Waals surface area contributed by atoms with E-state index in [2.05, 4.69) is 11.9 Å². The lowest BCUT2D eigenvalue weighted by Crippen LogP contribution is -1.82. The van der Waals surface area contributed by atoms with Gasteiger partial charge in [0.15, 0.2) is 0 Å². The molecule has 0 aliphatic carbocycles. The maximum atomic E-state index is 5.59. The Bertz CT molecular complexity index is 387. The maximum absolute atomic E-state index is 5.59. The summed E-state index contributed by atoms with van der Waals surface area (Å²) in [6.07, 6.45) is 1.88. The third kappa shape index (κ3) is 0.871. The van der Waals surface area contributed by atoms with Gasteiger partial charge in [-0.25, -0.2) is 0 Å². The Morgan fingerprint density at radius 1 is 1.36 bits per heavy atom. The molecule has 0 aliphatic heterocycles. The van der Waals surface area contributed by atoms with Crippen molar-refractivity contribution < 1.29 is 0 Å². The third-order valence-corrected chi connectivity index (χ3v) is 1.79. The summed E-state index contributed by atoms with van der Waals surface area (Å²) < 4.78 is 0. The average Bonchev–Trinajstić information content (AvgIpc) is 2.32. The summed E-state index contributed by atoms with van der Waals surface area (Å²) in [5.41, 5.74) is 8.43. The van der Waals surface area contributed by atoms with Gasteiger partial charge < -0.3 is 10.7 Å². The van der Waals surface area contributed by atoms with Gasteiger partial charge in [-0.3, -0.25) is 0 Å². The number of nitrogens with one attached hydrogen (secondary N) is 1. The van der Waals surface area contributed by atoms with E-state index in [0.29, 0.717) is 0 Å². The minimum Gasteiger partial charge on any atom is -0.399 e. The average molecular weight is 145 g/mol. The van der Waals surface area contributed by atoms with Gasteiger partial charge in [0.1, 0.15) is 0 Å². The predicted octanol–water partition coefficient (Wildman–Crippen LogP) is 1.93. The fraction of sp³-hybridized carbons (Fsp3) is 0. The second-order valence-corrected chi connectivity index (χ2v) is 2.62. The smallest absolute Gasteiger partial charge is 0.0477 e. The summed E-state index contributed by atoms with van der Waals surface area (Å²) in [4.78, 5) is 3.09. The standard InChI is InChI=1S/C9H9N2/c1-6-5-11-9-4-7(10)2-3-8(6)9/h2-5,11H,1,10H2. The van der Waals surface area contributed by atoms with Crippen LogP contribution < -0.4 is 5.73 Å². The van der Waals surface area contributed by atoms with Crippen molar-refractivity contribution >= 4 is 16.6 Å². The zero-order valence-corrected chi connectivity index (χ0v) is 6.09. The van der Waals surface area contributed by atoms with E-state index < -0.39 is 0 Å². The summed E-state index contributed by atoms with van der Waals surface area (Å²) in [5, 5.41) is 1.14. The monoisotopic (exact) mass is 145 g/mol. The van der Waals surface area contributed by atoms with Crippen LogP contribution in [0.2, 0.25) is 0 Å². The van der Waals surface area contributed by atoms with E-state index in [1.807, 2.05) is 24.4 Å². The Morgan fingerprint density at radius 3 is 3.00 bits per heavy atom. The summed E-state index contributed by atoms with van der Waals surface area (Å²) in [5.74, 6) is 0. The zero-order chi connectivity index (χ0) is 7.84. The fourth-order valence-electron chi connectivity index (χ4n) is 1.20. The molecular formula is C9H9N2. The van der Waals surface area contributed by atoms with Crippen LogP contribution in [-0.2, 0) is 0 Å². The van der Waals surface area contributed by atoms with E-state index in [0.717, 1.165) is 22.2 Å². The number of hydrogen-bond donors (Lipinski definition) is 2. The quantitative estimate of drug-likeness (QED) is 0.546. The van der Waals surface area contributed by atoms with Crippen LogP contribution >= 0.6 is 0 Å². The van der Waals surface area contributed by atoms with E-state index in [1.54, 1.807) is 0 Å². The van der Waals surface area contributed by atoms with Crippen molar-refractivity contribution in [2.45, 2.75) is 0 Å². The molecule has 2 heteroatoms. The van der Waals surface area contributed by atoms with Gasteiger partial charge in [0.25, 0.3) is 0 Å². The third-order valence-electron chi connectivity index (χ3n) is 1.79. The lowest BCUT2D eigenvalue weighted by Gasteiger charge is -1.92. The Labute approximate surface area is 65.0 Å². The van der Waals surface area contributed by atoms with Crippen LogP contribution in [0.1, 0.15) is 5.56 Å². The molecule has 55 valence electrons. The first-order chi connectivity index (χ1) is 5.27. The molecule has 2 aromatic rings. The molecule has 0 spiro atoms. The van der Waals surface area contributed by atoms with Crippen molar-refractivity contribution in [3.63, 3.8) is 0 Å². The minimum atomic E-state index is 0.777. The summed E-state index contributed by atoms with van der Waals surface area (Å²) >= 11 is 0. The Balaban J connectivity index is 2.86. The molecule has 11 heavy (non-hydrogen) atoms. The number of H-pyrrole nitrogens is 1. The van der Waals surface area contributed by atoms with Crippen molar-refractivity contribution in [3.8, 4) is 0 Å². The highest BCUT2D eigenvalue weighted by Gasteiger charge is 1.97. The summed E-state index contributed by atoms with van der Waals surface area (Å²) in [7, 11) is 0. The Hall–Kier alpha value is -1.44. The first kappa shape index (κ1) is 6.28. The molecule has 2 nitrogen and oxygen atoms in total. The molecule has 0 saturated heterocycles. The molecule has 0 bridgehead atoms. The van der Waals surface area contributed by atoms with Gasteiger partial charge in [-0.2, -0.15) is 0 Å². The lowest BCUT2D eigenvalue weighted by atomic mass is 10.2. The van der Waals surface area contributed by atoms with Crippen LogP contribution in [0, 0.1) is 6.92 Å². The first-order valence-corrected chi connectivity index (χ1v) is 3.46. The van der Waals surface area contributed by atoms with Crippen LogP contribution in [0.15, 0.2) is 24.4 Å². The molecule has 0 fully saturated rings. The van der Waals surface area contributed by atoms with E-state index >= 15 is 0 Å². The highest BCUT2D eigenvalue weighted by atomic mass is 14.7. The predicted molar refractivity (Wildman–Crippen MR) is 47.2 cm³/mol. The molecule has 0 amide bonds. The van der Waals surface area contributed by atoms with Crippen LogP contribution in [-0.4, -0.2) is 4.98 Å². The second-order valence-electron chi connectivity index (χ2n) is 2.62. The van der Waals surface area contributed by atoms with Crippen molar-refractivity contribution in [2.24, 2.45) is 0 Å². The molecule has 0 unspecified atom stereocenters. The number of rotatable bonds is 0. The van der Waals surface area contributed by atoms with Crippen molar-refractivity contribution in [1.29, 1.82) is 0 Å². The van der Waals surface area contributed by atoms with E-state index in [-0.39, 0.29) is 0 Å². The van der Waals surface area contributed by atoms with Gasteiger partial charge in [0, 0.05) is 22.8 Å². The minimum absolute atomic E-state index is 0.777. The molecule has 0 atom stereocenters. The molecule has 3 N–H and O–H groups in total. The Morgan fingerprint density at radius 2 is 2.18 bits per heavy atom. The first-order valence-electron chi connectivity index (χ1n) is 3.46. The highest BCUT2D eigenvalue weighted by molar-refractivity contribution is 5.86. The number of fused-ring (bicyclic) bond motifs is 1. The maximum Gasteiger partial charge on any atom is 0.0477 e. The molecular weight excluding hydrogens is 136 g/mol. The topological polar surface area (TPSA) is 41.8 Å². The fourth-order valence-corrected chi connectivity index (χ4v) is 1.20.